The summed E-state index contributed by atoms with van der Waals surface area (Å²) in [5.74, 6) is 0. The second-order valence-electron chi connectivity index (χ2n) is 3.77. The highest BCUT2D eigenvalue weighted by atomic mass is 32.2. The summed E-state index contributed by atoms with van der Waals surface area (Å²) >= 11 is 0. The van der Waals surface area contributed by atoms with E-state index in [4.69, 9.17) is 5.14 Å². The van der Waals surface area contributed by atoms with Gasteiger partial charge in [-0.25, -0.2) is 13.6 Å². The molecule has 0 saturated carbocycles. The van der Waals surface area contributed by atoms with Crippen LogP contribution >= 0.6 is 0 Å². The molecule has 82 valence electrons. The van der Waals surface area contributed by atoms with Crippen molar-refractivity contribution in [3.05, 3.63) is 29.8 Å². The molecule has 0 bridgehead atoms. The summed E-state index contributed by atoms with van der Waals surface area (Å²) in [6.45, 7) is 0.990. The van der Waals surface area contributed by atoms with Crippen molar-refractivity contribution >= 4 is 10.0 Å². The van der Waals surface area contributed by atoms with E-state index in [1.54, 1.807) is 12.1 Å². The first-order valence-corrected chi connectivity index (χ1v) is 6.48. The van der Waals surface area contributed by atoms with Crippen molar-refractivity contribution in [2.75, 3.05) is 6.54 Å². The molecule has 1 aliphatic rings. The van der Waals surface area contributed by atoms with Gasteiger partial charge in [0.05, 0.1) is 4.90 Å². The van der Waals surface area contributed by atoms with Crippen molar-refractivity contribution in [3.8, 4) is 0 Å². The highest BCUT2D eigenvalue weighted by molar-refractivity contribution is 7.89. The lowest BCUT2D eigenvalue weighted by atomic mass is 10.1. The van der Waals surface area contributed by atoms with Gasteiger partial charge in [-0.15, -0.1) is 0 Å². The van der Waals surface area contributed by atoms with Crippen molar-refractivity contribution in [2.24, 2.45) is 5.14 Å². The Balaban J connectivity index is 2.34. The molecule has 0 radical (unpaired) electrons. The maximum atomic E-state index is 11.2. The second-order valence-corrected chi connectivity index (χ2v) is 5.33. The number of sulfonamides is 1. The molecule has 3 N–H and O–H groups in total. The Morgan fingerprint density at radius 3 is 2.80 bits per heavy atom. The summed E-state index contributed by atoms with van der Waals surface area (Å²) in [6.07, 6.45) is 2.18. The van der Waals surface area contributed by atoms with Gasteiger partial charge in [0, 0.05) is 6.04 Å². The summed E-state index contributed by atoms with van der Waals surface area (Å²) in [6, 6.07) is 7.10. The molecular formula is C10H14N2O2S. The van der Waals surface area contributed by atoms with E-state index in [1.807, 2.05) is 6.07 Å². The van der Waals surface area contributed by atoms with E-state index in [-0.39, 0.29) is 10.9 Å². The van der Waals surface area contributed by atoms with Gasteiger partial charge < -0.3 is 5.32 Å². The number of hydrogen-bond donors (Lipinski definition) is 2. The summed E-state index contributed by atoms with van der Waals surface area (Å²) in [7, 11) is -3.58. The zero-order valence-electron chi connectivity index (χ0n) is 8.31. The van der Waals surface area contributed by atoms with Gasteiger partial charge in [0.1, 0.15) is 0 Å². The summed E-state index contributed by atoms with van der Waals surface area (Å²) < 4.78 is 22.3. The molecule has 1 saturated heterocycles. The summed E-state index contributed by atoms with van der Waals surface area (Å²) in [5, 5.41) is 8.39. The Morgan fingerprint density at radius 1 is 1.40 bits per heavy atom. The Bertz CT molecular complexity index is 450. The van der Waals surface area contributed by atoms with E-state index in [1.165, 1.54) is 6.07 Å². The molecule has 0 spiro atoms. The van der Waals surface area contributed by atoms with E-state index in [9.17, 15) is 8.42 Å². The number of rotatable bonds is 2. The van der Waals surface area contributed by atoms with Crippen LogP contribution in [0.3, 0.4) is 0 Å². The standard InChI is InChI=1S/C10H14N2O2S/c11-15(13,14)9-4-1-3-8(7-9)10-5-2-6-12-10/h1,3-4,7,10,12H,2,5-6H2,(H2,11,13,14). The number of nitrogens with two attached hydrogens (primary N) is 1. The molecular weight excluding hydrogens is 212 g/mol. The van der Waals surface area contributed by atoms with Crippen molar-refractivity contribution in [2.45, 2.75) is 23.8 Å². The fraction of sp³-hybridized carbons (Fsp3) is 0.400. The Morgan fingerprint density at radius 2 is 2.20 bits per heavy atom. The van der Waals surface area contributed by atoms with Crippen molar-refractivity contribution in [1.82, 2.24) is 5.32 Å². The minimum Gasteiger partial charge on any atom is -0.310 e. The van der Waals surface area contributed by atoms with Gasteiger partial charge in [0.15, 0.2) is 0 Å². The smallest absolute Gasteiger partial charge is 0.238 e. The third kappa shape index (κ3) is 2.37. The molecule has 1 aromatic carbocycles. The Labute approximate surface area is 89.5 Å². The number of hydrogen-bond acceptors (Lipinski definition) is 3. The van der Waals surface area contributed by atoms with E-state index >= 15 is 0 Å². The monoisotopic (exact) mass is 226 g/mol. The molecule has 1 aromatic rings. The number of benzene rings is 1. The lowest BCUT2D eigenvalue weighted by Crippen LogP contribution is -2.15. The minimum atomic E-state index is -3.58. The molecule has 0 amide bonds. The number of primary sulfonamides is 1. The third-order valence-electron chi connectivity index (χ3n) is 2.65. The quantitative estimate of drug-likeness (QED) is 0.782. The van der Waals surface area contributed by atoms with Crippen molar-refractivity contribution in [3.63, 3.8) is 0 Å². The average molecular weight is 226 g/mol. The Hall–Kier alpha value is -0.910. The molecule has 0 aliphatic carbocycles. The largest absolute Gasteiger partial charge is 0.310 e. The predicted molar refractivity (Wildman–Crippen MR) is 57.8 cm³/mol. The lowest BCUT2D eigenvalue weighted by molar-refractivity contribution is 0.596. The van der Waals surface area contributed by atoms with Crippen LogP contribution in [0.15, 0.2) is 29.2 Å². The number of nitrogens with one attached hydrogen (secondary N) is 1. The van der Waals surface area contributed by atoms with Crippen molar-refractivity contribution < 1.29 is 8.42 Å². The normalized spacial score (nSPS) is 21.8. The van der Waals surface area contributed by atoms with E-state index in [0.717, 1.165) is 24.9 Å². The van der Waals surface area contributed by atoms with Crippen LogP contribution in [0, 0.1) is 0 Å². The highest BCUT2D eigenvalue weighted by Crippen LogP contribution is 2.24. The Kier molecular flexibility index (Phi) is 2.77. The molecule has 1 aliphatic heterocycles. The van der Waals surface area contributed by atoms with Crippen LogP contribution in [0.5, 0.6) is 0 Å². The fourth-order valence-corrected chi connectivity index (χ4v) is 2.45. The zero-order valence-corrected chi connectivity index (χ0v) is 9.13. The lowest BCUT2D eigenvalue weighted by Gasteiger charge is -2.11. The highest BCUT2D eigenvalue weighted by Gasteiger charge is 2.17. The van der Waals surface area contributed by atoms with Crippen LogP contribution in [0.1, 0.15) is 24.4 Å². The first-order valence-electron chi connectivity index (χ1n) is 4.93. The molecule has 0 aromatic heterocycles. The molecule has 1 fully saturated rings. The fourth-order valence-electron chi connectivity index (χ4n) is 1.88. The van der Waals surface area contributed by atoms with Crippen LogP contribution in [-0.2, 0) is 10.0 Å². The summed E-state index contributed by atoms with van der Waals surface area (Å²) in [4.78, 5) is 0.189. The molecule has 15 heavy (non-hydrogen) atoms. The van der Waals surface area contributed by atoms with Gasteiger partial charge in [-0.2, -0.15) is 0 Å². The summed E-state index contributed by atoms with van der Waals surface area (Å²) in [5.41, 5.74) is 0.999. The van der Waals surface area contributed by atoms with E-state index < -0.39 is 10.0 Å². The minimum absolute atomic E-state index is 0.189. The van der Waals surface area contributed by atoms with Crippen LogP contribution < -0.4 is 10.5 Å². The maximum absolute atomic E-state index is 11.2. The molecule has 1 heterocycles. The predicted octanol–water partition coefficient (Wildman–Crippen LogP) is 0.758. The maximum Gasteiger partial charge on any atom is 0.238 e. The second kappa shape index (κ2) is 3.92. The van der Waals surface area contributed by atoms with Gasteiger partial charge in [-0.1, -0.05) is 12.1 Å². The molecule has 5 heteroatoms. The SMILES string of the molecule is NS(=O)(=O)c1cccc(C2CCCN2)c1. The van der Waals surface area contributed by atoms with E-state index in [0.29, 0.717) is 0 Å². The molecule has 1 atom stereocenters. The van der Waals surface area contributed by atoms with Gasteiger partial charge in [0.25, 0.3) is 0 Å². The van der Waals surface area contributed by atoms with Crippen LogP contribution in [0.2, 0.25) is 0 Å². The first kappa shape index (κ1) is 10.6. The van der Waals surface area contributed by atoms with Crippen LogP contribution in [0.4, 0.5) is 0 Å². The average Bonchev–Trinajstić information content (AvgIpc) is 2.69. The third-order valence-corrected chi connectivity index (χ3v) is 3.56. The van der Waals surface area contributed by atoms with E-state index in [2.05, 4.69) is 5.32 Å². The van der Waals surface area contributed by atoms with Gasteiger partial charge in [-0.05, 0) is 37.1 Å². The molecule has 1 unspecified atom stereocenters. The van der Waals surface area contributed by atoms with Crippen LogP contribution in [-0.4, -0.2) is 15.0 Å². The zero-order chi connectivity index (χ0) is 10.9. The van der Waals surface area contributed by atoms with Gasteiger partial charge in [0.2, 0.25) is 10.0 Å². The first-order chi connectivity index (χ1) is 7.07. The van der Waals surface area contributed by atoms with Crippen LogP contribution in [0.25, 0.3) is 0 Å². The topological polar surface area (TPSA) is 72.2 Å². The van der Waals surface area contributed by atoms with Gasteiger partial charge >= 0.3 is 0 Å². The van der Waals surface area contributed by atoms with Gasteiger partial charge in [-0.3, -0.25) is 0 Å². The molecule has 2 rings (SSSR count). The van der Waals surface area contributed by atoms with Crippen molar-refractivity contribution in [1.29, 1.82) is 0 Å². The molecule has 4 nitrogen and oxygen atoms in total.